The smallest absolute Gasteiger partial charge is 0.315 e. The van der Waals surface area contributed by atoms with Crippen molar-refractivity contribution in [2.24, 2.45) is 0 Å². The van der Waals surface area contributed by atoms with Crippen molar-refractivity contribution in [1.29, 1.82) is 0 Å². The van der Waals surface area contributed by atoms with Crippen LogP contribution in [0.1, 0.15) is 31.4 Å². The quantitative estimate of drug-likeness (QED) is 0.346. The molecule has 9 heteroatoms. The van der Waals surface area contributed by atoms with Gasteiger partial charge in [-0.15, -0.1) is 0 Å². The van der Waals surface area contributed by atoms with E-state index in [4.69, 9.17) is 11.6 Å². The molecule has 1 atom stereocenters. The number of halogens is 2. The lowest BCUT2D eigenvalue weighted by Gasteiger charge is -2.33. The topological polar surface area (TPSA) is 85.9 Å². The number of hydrogen-bond acceptors (Lipinski definition) is 4. The number of hydrogen-bond donors (Lipinski definition) is 3. The first-order valence-corrected chi connectivity index (χ1v) is 12.0. The van der Waals surface area contributed by atoms with Gasteiger partial charge in [-0.3, -0.25) is 0 Å². The SMILES string of the molecule is CC(NC(=O)NC1CCN(c2ncnc3[nH]c(-c4ccc(F)cc4)cc23)CC1)c1ccc(Cl)cc1. The van der Waals surface area contributed by atoms with Crippen LogP contribution in [0.4, 0.5) is 15.0 Å². The third-order valence-electron chi connectivity index (χ3n) is 6.41. The molecule has 2 aromatic heterocycles. The van der Waals surface area contributed by atoms with Crippen LogP contribution in [0.15, 0.2) is 60.9 Å². The molecule has 0 saturated carbocycles. The lowest BCUT2D eigenvalue weighted by atomic mass is 10.0. The Hall–Kier alpha value is -3.65. The molecule has 1 saturated heterocycles. The Kier molecular flexibility index (Phi) is 6.55. The maximum absolute atomic E-state index is 13.3. The number of fused-ring (bicyclic) bond motifs is 1. The van der Waals surface area contributed by atoms with Crippen LogP contribution in [-0.2, 0) is 0 Å². The summed E-state index contributed by atoms with van der Waals surface area (Å²) in [6, 6.07) is 15.6. The van der Waals surface area contributed by atoms with Crippen molar-refractivity contribution >= 4 is 34.5 Å². The van der Waals surface area contributed by atoms with Gasteiger partial charge in [-0.2, -0.15) is 0 Å². The third-order valence-corrected chi connectivity index (χ3v) is 6.66. The highest BCUT2D eigenvalue weighted by Crippen LogP contribution is 2.30. The van der Waals surface area contributed by atoms with Gasteiger partial charge in [0.1, 0.15) is 23.6 Å². The number of carbonyl (C=O) groups excluding carboxylic acids is 1. The van der Waals surface area contributed by atoms with Crippen molar-refractivity contribution in [3.05, 3.63) is 77.3 Å². The zero-order chi connectivity index (χ0) is 24.4. The van der Waals surface area contributed by atoms with Crippen LogP contribution in [0.3, 0.4) is 0 Å². The maximum atomic E-state index is 13.3. The molecule has 7 nitrogen and oxygen atoms in total. The second-order valence-corrected chi connectivity index (χ2v) is 9.24. The minimum Gasteiger partial charge on any atom is -0.356 e. The Morgan fingerprint density at radius 1 is 1.11 bits per heavy atom. The van der Waals surface area contributed by atoms with Gasteiger partial charge >= 0.3 is 6.03 Å². The minimum absolute atomic E-state index is 0.0852. The molecule has 180 valence electrons. The molecular weight excluding hydrogens is 467 g/mol. The number of carbonyl (C=O) groups is 1. The molecule has 3 heterocycles. The molecule has 0 bridgehead atoms. The fourth-order valence-electron chi connectivity index (χ4n) is 4.46. The average Bonchev–Trinajstić information content (AvgIpc) is 3.30. The van der Waals surface area contributed by atoms with E-state index in [1.807, 2.05) is 37.3 Å². The molecule has 1 unspecified atom stereocenters. The first-order valence-electron chi connectivity index (χ1n) is 11.6. The number of nitrogens with one attached hydrogen (secondary N) is 3. The van der Waals surface area contributed by atoms with Gasteiger partial charge in [-0.25, -0.2) is 19.2 Å². The zero-order valence-electron chi connectivity index (χ0n) is 19.3. The van der Waals surface area contributed by atoms with Crippen LogP contribution in [0.2, 0.25) is 5.02 Å². The predicted molar refractivity (Wildman–Crippen MR) is 136 cm³/mol. The number of aromatic amines is 1. The van der Waals surface area contributed by atoms with Gasteiger partial charge in [0.15, 0.2) is 0 Å². The zero-order valence-corrected chi connectivity index (χ0v) is 20.0. The number of rotatable bonds is 5. The van der Waals surface area contributed by atoms with E-state index in [1.165, 1.54) is 12.1 Å². The highest BCUT2D eigenvalue weighted by molar-refractivity contribution is 6.30. The van der Waals surface area contributed by atoms with E-state index in [2.05, 4.69) is 30.5 Å². The van der Waals surface area contributed by atoms with Crippen molar-refractivity contribution in [2.45, 2.75) is 31.8 Å². The van der Waals surface area contributed by atoms with E-state index in [-0.39, 0.29) is 23.9 Å². The highest BCUT2D eigenvalue weighted by atomic mass is 35.5. The van der Waals surface area contributed by atoms with E-state index in [1.54, 1.807) is 18.5 Å². The Labute approximate surface area is 207 Å². The normalized spacial score (nSPS) is 15.2. The van der Waals surface area contributed by atoms with Crippen LogP contribution in [0.25, 0.3) is 22.3 Å². The van der Waals surface area contributed by atoms with E-state index in [0.29, 0.717) is 5.02 Å². The van der Waals surface area contributed by atoms with Gasteiger partial charge in [-0.1, -0.05) is 23.7 Å². The summed E-state index contributed by atoms with van der Waals surface area (Å²) >= 11 is 5.95. The van der Waals surface area contributed by atoms with E-state index >= 15 is 0 Å². The van der Waals surface area contributed by atoms with E-state index < -0.39 is 0 Å². The number of nitrogens with zero attached hydrogens (tertiary/aromatic N) is 3. The summed E-state index contributed by atoms with van der Waals surface area (Å²) in [6.45, 7) is 3.48. The molecule has 1 aliphatic rings. The second kappa shape index (κ2) is 9.92. The van der Waals surface area contributed by atoms with Crippen molar-refractivity contribution in [2.75, 3.05) is 18.0 Å². The van der Waals surface area contributed by atoms with Gasteiger partial charge < -0.3 is 20.5 Å². The molecule has 2 amide bonds. The molecule has 0 radical (unpaired) electrons. The Bertz CT molecular complexity index is 1320. The molecule has 4 aromatic rings. The fraction of sp³-hybridized carbons (Fsp3) is 0.269. The number of anilines is 1. The molecule has 2 aromatic carbocycles. The summed E-state index contributed by atoms with van der Waals surface area (Å²) in [7, 11) is 0. The van der Waals surface area contributed by atoms with E-state index in [0.717, 1.165) is 59.6 Å². The molecule has 5 rings (SSSR count). The summed E-state index contributed by atoms with van der Waals surface area (Å²) in [5, 5.41) is 7.69. The summed E-state index contributed by atoms with van der Waals surface area (Å²) in [6.07, 6.45) is 3.17. The van der Waals surface area contributed by atoms with Crippen molar-refractivity contribution < 1.29 is 9.18 Å². The van der Waals surface area contributed by atoms with Crippen LogP contribution in [0.5, 0.6) is 0 Å². The lowest BCUT2D eigenvalue weighted by molar-refractivity contribution is 0.231. The number of amides is 2. The second-order valence-electron chi connectivity index (χ2n) is 8.80. The molecule has 1 aliphatic heterocycles. The highest BCUT2D eigenvalue weighted by Gasteiger charge is 2.24. The average molecular weight is 493 g/mol. The van der Waals surface area contributed by atoms with Gasteiger partial charge in [0.2, 0.25) is 0 Å². The molecular formula is C26H26ClFN6O. The number of urea groups is 1. The Morgan fingerprint density at radius 2 is 1.83 bits per heavy atom. The summed E-state index contributed by atoms with van der Waals surface area (Å²) < 4.78 is 13.3. The predicted octanol–water partition coefficient (Wildman–Crippen LogP) is 5.45. The van der Waals surface area contributed by atoms with Gasteiger partial charge in [0, 0.05) is 29.8 Å². The molecule has 1 fully saturated rings. The van der Waals surface area contributed by atoms with Crippen LogP contribution in [-0.4, -0.2) is 40.1 Å². The first kappa shape index (κ1) is 23.1. The molecule has 35 heavy (non-hydrogen) atoms. The standard InChI is InChI=1S/C26H26ClFN6O/c1-16(17-2-6-19(27)7-3-17)31-26(35)32-21-10-12-34(13-11-21)25-22-14-23(33-24(22)29-15-30-25)18-4-8-20(28)9-5-18/h2-9,14-16,21H,10-13H2,1H3,(H,29,30,33)(H2,31,32,35). The molecule has 0 spiro atoms. The number of aromatic nitrogens is 3. The van der Waals surface area contributed by atoms with Crippen LogP contribution in [0, 0.1) is 5.82 Å². The van der Waals surface area contributed by atoms with Gasteiger partial charge in [0.05, 0.1) is 11.4 Å². The van der Waals surface area contributed by atoms with Gasteiger partial charge in [-0.05, 0) is 73.4 Å². The first-order chi connectivity index (χ1) is 17.0. The maximum Gasteiger partial charge on any atom is 0.315 e. The lowest BCUT2D eigenvalue weighted by Crippen LogP contribution is -2.48. The third kappa shape index (κ3) is 5.22. The van der Waals surface area contributed by atoms with E-state index in [9.17, 15) is 9.18 Å². The Balaban J connectivity index is 1.20. The van der Waals surface area contributed by atoms with Crippen molar-refractivity contribution in [3.8, 4) is 11.3 Å². The number of piperidine rings is 1. The fourth-order valence-corrected chi connectivity index (χ4v) is 4.58. The van der Waals surface area contributed by atoms with Gasteiger partial charge in [0.25, 0.3) is 0 Å². The summed E-state index contributed by atoms with van der Waals surface area (Å²) in [5.41, 5.74) is 3.49. The summed E-state index contributed by atoms with van der Waals surface area (Å²) in [5.74, 6) is 0.591. The minimum atomic E-state index is -0.269. The largest absolute Gasteiger partial charge is 0.356 e. The number of H-pyrrole nitrogens is 1. The van der Waals surface area contributed by atoms with Crippen LogP contribution >= 0.6 is 11.6 Å². The summed E-state index contributed by atoms with van der Waals surface area (Å²) in [4.78, 5) is 27.0. The van der Waals surface area contributed by atoms with Crippen molar-refractivity contribution in [1.82, 2.24) is 25.6 Å². The molecule has 0 aliphatic carbocycles. The Morgan fingerprint density at radius 3 is 2.54 bits per heavy atom. The number of benzene rings is 2. The molecule has 3 N–H and O–H groups in total. The monoisotopic (exact) mass is 492 g/mol. The van der Waals surface area contributed by atoms with Crippen molar-refractivity contribution in [3.63, 3.8) is 0 Å². The van der Waals surface area contributed by atoms with Crippen LogP contribution < -0.4 is 15.5 Å².